The van der Waals surface area contributed by atoms with E-state index < -0.39 is 17.4 Å². The molecule has 0 aliphatic carbocycles. The molecule has 0 saturated carbocycles. The fourth-order valence-corrected chi connectivity index (χ4v) is 2.58. The van der Waals surface area contributed by atoms with Crippen LogP contribution < -0.4 is 0 Å². The fourth-order valence-electron chi connectivity index (χ4n) is 2.58. The van der Waals surface area contributed by atoms with Crippen LogP contribution in [0, 0.1) is 5.41 Å². The van der Waals surface area contributed by atoms with Crippen LogP contribution in [0.5, 0.6) is 0 Å². The first-order valence-corrected chi connectivity index (χ1v) is 7.99. The first-order valence-electron chi connectivity index (χ1n) is 7.99. The summed E-state index contributed by atoms with van der Waals surface area (Å²) in [5.41, 5.74) is -0.104. The predicted octanol–water partition coefficient (Wildman–Crippen LogP) is 3.53. The highest BCUT2D eigenvalue weighted by Gasteiger charge is 2.47. The van der Waals surface area contributed by atoms with E-state index in [9.17, 15) is 9.59 Å². The van der Waals surface area contributed by atoms with Crippen molar-refractivity contribution in [1.29, 1.82) is 0 Å². The molecule has 1 aromatic rings. The summed E-state index contributed by atoms with van der Waals surface area (Å²) in [6.45, 7) is 5.97. The lowest BCUT2D eigenvalue weighted by Crippen LogP contribution is -2.42. The van der Waals surface area contributed by atoms with Crippen molar-refractivity contribution in [2.45, 2.75) is 46.5 Å². The summed E-state index contributed by atoms with van der Waals surface area (Å²) in [7, 11) is 0. The molecule has 0 aromatic heterocycles. The summed E-state index contributed by atoms with van der Waals surface area (Å²) in [5.74, 6) is -0.933. The second-order valence-corrected chi connectivity index (χ2v) is 5.26. The molecule has 0 radical (unpaired) electrons. The van der Waals surface area contributed by atoms with Crippen molar-refractivity contribution in [3.63, 3.8) is 0 Å². The van der Waals surface area contributed by atoms with E-state index in [-0.39, 0.29) is 13.2 Å². The average molecular weight is 306 g/mol. The maximum absolute atomic E-state index is 12.5. The van der Waals surface area contributed by atoms with E-state index in [1.54, 1.807) is 13.8 Å². The number of carbonyl (C=O) groups excluding carboxylic acids is 2. The number of esters is 2. The third kappa shape index (κ3) is 4.58. The Morgan fingerprint density at radius 3 is 1.91 bits per heavy atom. The molecule has 0 unspecified atom stereocenters. The standard InChI is InChI=1S/C18H26O4/c1-4-13-18(16(19)21-5-2,17(20)22-6-3)14-12-15-10-8-7-9-11-15/h7-11H,4-6,12-14H2,1-3H3. The number of ether oxygens (including phenoxy) is 2. The zero-order chi connectivity index (χ0) is 16.4. The summed E-state index contributed by atoms with van der Waals surface area (Å²) in [6.07, 6.45) is 2.20. The van der Waals surface area contributed by atoms with Crippen molar-refractivity contribution in [3.8, 4) is 0 Å². The normalized spacial score (nSPS) is 11.0. The molecule has 0 amide bonds. The molecule has 4 heteroatoms. The van der Waals surface area contributed by atoms with E-state index in [2.05, 4.69) is 0 Å². The topological polar surface area (TPSA) is 52.6 Å². The molecule has 0 bridgehead atoms. The molecular weight excluding hydrogens is 280 g/mol. The molecule has 1 rings (SSSR count). The Hall–Kier alpha value is -1.84. The zero-order valence-electron chi connectivity index (χ0n) is 13.8. The Balaban J connectivity index is 3.00. The molecule has 22 heavy (non-hydrogen) atoms. The molecular formula is C18H26O4. The zero-order valence-corrected chi connectivity index (χ0v) is 13.8. The van der Waals surface area contributed by atoms with Crippen LogP contribution in [0.25, 0.3) is 0 Å². The fraction of sp³-hybridized carbons (Fsp3) is 0.556. The van der Waals surface area contributed by atoms with Crippen molar-refractivity contribution in [1.82, 2.24) is 0 Å². The summed E-state index contributed by atoms with van der Waals surface area (Å²) < 4.78 is 10.4. The molecule has 0 spiro atoms. The Morgan fingerprint density at radius 1 is 0.909 bits per heavy atom. The van der Waals surface area contributed by atoms with Gasteiger partial charge in [0, 0.05) is 0 Å². The number of benzene rings is 1. The number of carbonyl (C=O) groups is 2. The highest BCUT2D eigenvalue weighted by Crippen LogP contribution is 2.33. The van der Waals surface area contributed by atoms with Crippen LogP contribution in [0.2, 0.25) is 0 Å². The van der Waals surface area contributed by atoms with E-state index in [0.29, 0.717) is 25.7 Å². The number of hydrogen-bond acceptors (Lipinski definition) is 4. The molecule has 0 heterocycles. The van der Waals surface area contributed by atoms with Crippen LogP contribution in [-0.4, -0.2) is 25.2 Å². The van der Waals surface area contributed by atoms with Gasteiger partial charge in [-0.2, -0.15) is 0 Å². The molecule has 0 N–H and O–H groups in total. The molecule has 0 aliphatic rings. The molecule has 0 saturated heterocycles. The maximum atomic E-state index is 12.5. The lowest BCUT2D eigenvalue weighted by molar-refractivity contribution is -0.173. The lowest BCUT2D eigenvalue weighted by Gasteiger charge is -2.29. The third-order valence-corrected chi connectivity index (χ3v) is 3.69. The van der Waals surface area contributed by atoms with Crippen LogP contribution >= 0.6 is 0 Å². The first kappa shape index (κ1) is 18.2. The Kier molecular flexibility index (Phi) is 7.64. The molecule has 4 nitrogen and oxygen atoms in total. The number of hydrogen-bond donors (Lipinski definition) is 0. The Morgan fingerprint density at radius 2 is 1.45 bits per heavy atom. The van der Waals surface area contributed by atoms with Gasteiger partial charge < -0.3 is 9.47 Å². The lowest BCUT2D eigenvalue weighted by atomic mass is 9.78. The molecule has 0 fully saturated rings. The van der Waals surface area contributed by atoms with Crippen molar-refractivity contribution in [2.24, 2.45) is 5.41 Å². The minimum Gasteiger partial charge on any atom is -0.465 e. The summed E-state index contributed by atoms with van der Waals surface area (Å²) >= 11 is 0. The van der Waals surface area contributed by atoms with Crippen molar-refractivity contribution in [2.75, 3.05) is 13.2 Å². The number of aryl methyl sites for hydroxylation is 1. The smallest absolute Gasteiger partial charge is 0.323 e. The van der Waals surface area contributed by atoms with Gasteiger partial charge in [-0.05, 0) is 38.7 Å². The maximum Gasteiger partial charge on any atom is 0.323 e. The van der Waals surface area contributed by atoms with E-state index in [0.717, 1.165) is 5.56 Å². The van der Waals surface area contributed by atoms with Crippen LogP contribution in [0.4, 0.5) is 0 Å². The monoisotopic (exact) mass is 306 g/mol. The largest absolute Gasteiger partial charge is 0.465 e. The molecule has 0 atom stereocenters. The van der Waals surface area contributed by atoms with Gasteiger partial charge in [-0.3, -0.25) is 9.59 Å². The highest BCUT2D eigenvalue weighted by molar-refractivity contribution is 6.00. The second-order valence-electron chi connectivity index (χ2n) is 5.26. The van der Waals surface area contributed by atoms with Crippen LogP contribution in [0.3, 0.4) is 0 Å². The first-order chi connectivity index (χ1) is 10.6. The van der Waals surface area contributed by atoms with Gasteiger partial charge in [-0.1, -0.05) is 43.7 Å². The summed E-state index contributed by atoms with van der Waals surface area (Å²) in [6, 6.07) is 9.83. The van der Waals surface area contributed by atoms with Gasteiger partial charge in [-0.25, -0.2) is 0 Å². The quantitative estimate of drug-likeness (QED) is 0.517. The SMILES string of the molecule is CCCC(CCc1ccccc1)(C(=O)OCC)C(=O)OCC. The van der Waals surface area contributed by atoms with Crippen LogP contribution in [-0.2, 0) is 25.5 Å². The van der Waals surface area contributed by atoms with Gasteiger partial charge >= 0.3 is 11.9 Å². The minimum absolute atomic E-state index is 0.259. The van der Waals surface area contributed by atoms with Gasteiger partial charge in [0.25, 0.3) is 0 Å². The Labute approximate surface area is 132 Å². The van der Waals surface area contributed by atoms with E-state index >= 15 is 0 Å². The van der Waals surface area contributed by atoms with Gasteiger partial charge in [-0.15, -0.1) is 0 Å². The van der Waals surface area contributed by atoms with E-state index in [1.165, 1.54) is 0 Å². The summed E-state index contributed by atoms with van der Waals surface area (Å²) in [4.78, 5) is 24.9. The molecule has 1 aromatic carbocycles. The van der Waals surface area contributed by atoms with E-state index in [4.69, 9.17) is 9.47 Å². The van der Waals surface area contributed by atoms with Gasteiger partial charge in [0.1, 0.15) is 0 Å². The second kappa shape index (κ2) is 9.23. The van der Waals surface area contributed by atoms with Gasteiger partial charge in [0.05, 0.1) is 13.2 Å². The van der Waals surface area contributed by atoms with Crippen LogP contribution in [0.15, 0.2) is 30.3 Å². The van der Waals surface area contributed by atoms with Crippen molar-refractivity contribution >= 4 is 11.9 Å². The molecule has 122 valence electrons. The summed E-state index contributed by atoms with van der Waals surface area (Å²) in [5, 5.41) is 0. The predicted molar refractivity (Wildman–Crippen MR) is 85.4 cm³/mol. The van der Waals surface area contributed by atoms with Crippen molar-refractivity contribution in [3.05, 3.63) is 35.9 Å². The van der Waals surface area contributed by atoms with Gasteiger partial charge in [0.15, 0.2) is 5.41 Å². The van der Waals surface area contributed by atoms with E-state index in [1.807, 2.05) is 37.3 Å². The number of rotatable bonds is 9. The highest BCUT2D eigenvalue weighted by atomic mass is 16.6. The van der Waals surface area contributed by atoms with Gasteiger partial charge in [0.2, 0.25) is 0 Å². The average Bonchev–Trinajstić information content (AvgIpc) is 2.53. The van der Waals surface area contributed by atoms with Crippen LogP contribution in [0.1, 0.15) is 45.6 Å². The van der Waals surface area contributed by atoms with Crippen molar-refractivity contribution < 1.29 is 19.1 Å². The Bertz CT molecular complexity index is 449. The molecule has 0 aliphatic heterocycles. The third-order valence-electron chi connectivity index (χ3n) is 3.69. The minimum atomic E-state index is -1.20.